The molecular weight excluding hydrogens is 505 g/mol. The molecule has 2 heterocycles. The van der Waals surface area contributed by atoms with Crippen LogP contribution >= 0.6 is 22.6 Å². The number of carbonyl (C=O) groups is 2. The van der Waals surface area contributed by atoms with Gasteiger partial charge in [-0.1, -0.05) is 24.3 Å². The molecule has 6 nitrogen and oxygen atoms in total. The lowest BCUT2D eigenvalue weighted by Crippen LogP contribution is -2.50. The van der Waals surface area contributed by atoms with Gasteiger partial charge in [-0.25, -0.2) is 0 Å². The number of hydrogen-bond acceptors (Lipinski definition) is 5. The highest BCUT2D eigenvalue weighted by Gasteiger charge is 2.27. The smallest absolute Gasteiger partial charge is 0.229 e. The predicted molar refractivity (Wildman–Crippen MR) is 130 cm³/mol. The van der Waals surface area contributed by atoms with Crippen LogP contribution in [0.5, 0.6) is 0 Å². The van der Waals surface area contributed by atoms with E-state index in [1.165, 1.54) is 9.28 Å². The lowest BCUT2D eigenvalue weighted by molar-refractivity contribution is -0.135. The fourth-order valence-corrected chi connectivity index (χ4v) is 5.06. The second-order valence-electron chi connectivity index (χ2n) is 8.58. The average Bonchev–Trinajstić information content (AvgIpc) is 2.83. The lowest BCUT2D eigenvalue weighted by Gasteiger charge is -2.36. The zero-order chi connectivity index (χ0) is 21.6. The molecule has 1 amide bonds. The number of ether oxygens (including phenoxy) is 1. The van der Waals surface area contributed by atoms with Crippen molar-refractivity contribution in [1.82, 2.24) is 14.7 Å². The Morgan fingerprint density at radius 1 is 1.03 bits per heavy atom. The van der Waals surface area contributed by atoms with Crippen molar-refractivity contribution in [3.05, 3.63) is 45.2 Å². The van der Waals surface area contributed by atoms with Crippen LogP contribution < -0.4 is 0 Å². The number of nitrogens with zero attached hydrogens (tertiary/aromatic N) is 3. The summed E-state index contributed by atoms with van der Waals surface area (Å²) in [6, 6.07) is 0. The summed E-state index contributed by atoms with van der Waals surface area (Å²) in [5.74, 6) is 0.493. The van der Waals surface area contributed by atoms with Crippen molar-refractivity contribution in [3.63, 3.8) is 0 Å². The minimum absolute atomic E-state index is 0.0136. The lowest BCUT2D eigenvalue weighted by atomic mass is 9.96. The van der Waals surface area contributed by atoms with Gasteiger partial charge in [0.05, 0.1) is 19.1 Å². The quantitative estimate of drug-likeness (QED) is 0.488. The number of carbonyl (C=O) groups excluding carboxylic acids is 2. The molecule has 1 unspecified atom stereocenters. The van der Waals surface area contributed by atoms with Gasteiger partial charge in [-0.2, -0.15) is 0 Å². The Morgan fingerprint density at radius 2 is 1.81 bits per heavy atom. The minimum atomic E-state index is -0.0136. The first-order valence-electron chi connectivity index (χ1n) is 11.4. The Morgan fingerprint density at radius 3 is 2.45 bits per heavy atom. The predicted octanol–water partition coefficient (Wildman–Crippen LogP) is 2.92. The molecule has 0 aromatic carbocycles. The van der Waals surface area contributed by atoms with E-state index < -0.39 is 0 Å². The van der Waals surface area contributed by atoms with Crippen LogP contribution in [0.25, 0.3) is 0 Å². The maximum atomic E-state index is 12.7. The van der Waals surface area contributed by atoms with Crippen LogP contribution in [0.4, 0.5) is 0 Å². The summed E-state index contributed by atoms with van der Waals surface area (Å²) >= 11 is 2.29. The van der Waals surface area contributed by atoms with Gasteiger partial charge in [0.25, 0.3) is 0 Å². The van der Waals surface area contributed by atoms with Gasteiger partial charge < -0.3 is 14.5 Å². The van der Waals surface area contributed by atoms with Gasteiger partial charge in [0.2, 0.25) is 5.91 Å². The minimum Gasteiger partial charge on any atom is -0.378 e. The third kappa shape index (κ3) is 6.08. The van der Waals surface area contributed by atoms with E-state index in [0.717, 1.165) is 83.9 Å². The van der Waals surface area contributed by atoms with Crippen LogP contribution in [0.1, 0.15) is 25.7 Å². The number of allylic oxidation sites excluding steroid dienone is 7. The zero-order valence-electron chi connectivity index (χ0n) is 18.1. The molecule has 168 valence electrons. The van der Waals surface area contributed by atoms with E-state index in [1.54, 1.807) is 0 Å². The number of rotatable bonds is 6. The number of morpholine rings is 1. The Balaban J connectivity index is 1.19. The summed E-state index contributed by atoms with van der Waals surface area (Å²) in [5.41, 5.74) is 2.29. The molecule has 0 aromatic heterocycles. The molecular formula is C24H32IN3O3. The van der Waals surface area contributed by atoms with Crippen LogP contribution in [0, 0.1) is 5.92 Å². The van der Waals surface area contributed by atoms with Gasteiger partial charge in [-0.05, 0) is 53.5 Å². The first-order valence-corrected chi connectivity index (χ1v) is 12.5. The summed E-state index contributed by atoms with van der Waals surface area (Å²) < 4.78 is 6.63. The summed E-state index contributed by atoms with van der Waals surface area (Å²) in [7, 11) is 0. The number of piperazine rings is 1. The van der Waals surface area contributed by atoms with Crippen molar-refractivity contribution < 1.29 is 14.3 Å². The Bertz CT molecular complexity index is 803. The average molecular weight is 537 g/mol. The zero-order valence-corrected chi connectivity index (χ0v) is 20.3. The van der Waals surface area contributed by atoms with Crippen molar-refractivity contribution in [3.8, 4) is 0 Å². The number of amides is 1. The molecule has 0 aromatic rings. The van der Waals surface area contributed by atoms with Crippen LogP contribution in [0.2, 0.25) is 0 Å². The second kappa shape index (κ2) is 10.9. The number of Topliss-reactive ketones (excluding diaryl/α,β-unsaturated/α-hetero) is 1. The highest BCUT2D eigenvalue weighted by atomic mass is 127. The summed E-state index contributed by atoms with van der Waals surface area (Å²) in [6.45, 7) is 7.47. The fraction of sp³-hybridized carbons (Fsp3) is 0.583. The maximum absolute atomic E-state index is 12.7. The highest BCUT2D eigenvalue weighted by molar-refractivity contribution is 14.1. The van der Waals surface area contributed by atoms with E-state index in [2.05, 4.69) is 44.5 Å². The second-order valence-corrected chi connectivity index (χ2v) is 9.83. The molecule has 4 rings (SSSR count). The molecule has 4 aliphatic rings. The number of ketones is 1. The Labute approximate surface area is 198 Å². The third-order valence-electron chi connectivity index (χ3n) is 6.61. The maximum Gasteiger partial charge on any atom is 0.229 e. The van der Waals surface area contributed by atoms with E-state index in [-0.39, 0.29) is 17.6 Å². The van der Waals surface area contributed by atoms with Gasteiger partial charge in [-0.15, -0.1) is 0 Å². The molecule has 2 aliphatic heterocycles. The van der Waals surface area contributed by atoms with Crippen LogP contribution in [0.15, 0.2) is 45.2 Å². The van der Waals surface area contributed by atoms with Gasteiger partial charge in [0.1, 0.15) is 0 Å². The van der Waals surface area contributed by atoms with Crippen molar-refractivity contribution in [1.29, 1.82) is 0 Å². The molecule has 0 bridgehead atoms. The fourth-order valence-electron chi connectivity index (χ4n) is 4.60. The SMILES string of the molecule is O=C(CCN1CCN(C(=O)C2C=CC(I)=CC2)CC1)C1=CC=C(N2CCOCC2)CC1. The monoisotopic (exact) mass is 537 g/mol. The molecule has 0 radical (unpaired) electrons. The summed E-state index contributed by atoms with van der Waals surface area (Å²) in [5, 5.41) is 0. The summed E-state index contributed by atoms with van der Waals surface area (Å²) in [4.78, 5) is 32.1. The molecule has 7 heteroatoms. The van der Waals surface area contributed by atoms with E-state index in [1.807, 2.05) is 23.1 Å². The Kier molecular flexibility index (Phi) is 8.01. The van der Waals surface area contributed by atoms with Crippen molar-refractivity contribution in [2.75, 3.05) is 59.0 Å². The molecule has 2 aliphatic carbocycles. The van der Waals surface area contributed by atoms with Crippen LogP contribution in [-0.4, -0.2) is 85.4 Å². The van der Waals surface area contributed by atoms with E-state index in [0.29, 0.717) is 6.42 Å². The first-order chi connectivity index (χ1) is 15.1. The number of hydrogen-bond donors (Lipinski definition) is 0. The van der Waals surface area contributed by atoms with E-state index >= 15 is 0 Å². The molecule has 0 N–H and O–H groups in total. The van der Waals surface area contributed by atoms with Crippen LogP contribution in [-0.2, 0) is 14.3 Å². The Hall–Kier alpha value is -1.45. The normalized spacial score (nSPS) is 25.1. The molecule has 2 saturated heterocycles. The van der Waals surface area contributed by atoms with Crippen molar-refractivity contribution in [2.45, 2.75) is 25.7 Å². The molecule has 1 atom stereocenters. The van der Waals surface area contributed by atoms with Crippen molar-refractivity contribution in [2.24, 2.45) is 5.92 Å². The van der Waals surface area contributed by atoms with Gasteiger partial charge in [0.15, 0.2) is 5.78 Å². The van der Waals surface area contributed by atoms with Gasteiger partial charge in [-0.3, -0.25) is 14.5 Å². The topological polar surface area (TPSA) is 53.1 Å². The van der Waals surface area contributed by atoms with Crippen molar-refractivity contribution >= 4 is 34.3 Å². The highest BCUT2D eigenvalue weighted by Crippen LogP contribution is 2.24. The molecule has 31 heavy (non-hydrogen) atoms. The number of halogens is 1. The molecule has 0 spiro atoms. The molecule has 2 fully saturated rings. The largest absolute Gasteiger partial charge is 0.378 e. The summed E-state index contributed by atoms with van der Waals surface area (Å²) in [6.07, 6.45) is 13.5. The molecule has 0 saturated carbocycles. The first kappa shape index (κ1) is 22.7. The van der Waals surface area contributed by atoms with Gasteiger partial charge >= 0.3 is 0 Å². The standard InChI is InChI=1S/C24H32IN3O3/c25-21-5-1-20(2-6-21)24(30)28-13-11-26(12-14-28)10-9-23(29)19-3-7-22(8-4-19)27-15-17-31-18-16-27/h1,3,5-7,20H,2,4,8-18H2. The van der Waals surface area contributed by atoms with Gasteiger partial charge in [0, 0.05) is 61.5 Å². The van der Waals surface area contributed by atoms with E-state index in [9.17, 15) is 9.59 Å². The van der Waals surface area contributed by atoms with E-state index in [4.69, 9.17) is 4.74 Å². The third-order valence-corrected chi connectivity index (χ3v) is 7.41. The van der Waals surface area contributed by atoms with Crippen LogP contribution in [0.3, 0.4) is 0 Å².